The first-order valence-corrected chi connectivity index (χ1v) is 8.62. The van der Waals surface area contributed by atoms with Crippen LogP contribution in [0.5, 0.6) is 11.5 Å². The van der Waals surface area contributed by atoms with Crippen molar-refractivity contribution in [2.45, 2.75) is 0 Å². The first-order chi connectivity index (χ1) is 12.1. The van der Waals surface area contributed by atoms with Gasteiger partial charge in [0.2, 0.25) is 0 Å². The number of ether oxygens (including phenoxy) is 2. The van der Waals surface area contributed by atoms with Gasteiger partial charge in [0.05, 0.1) is 30.5 Å². The summed E-state index contributed by atoms with van der Waals surface area (Å²) in [4.78, 5) is 16.8. The van der Waals surface area contributed by atoms with Crippen LogP contribution in [0, 0.1) is 0 Å². The van der Waals surface area contributed by atoms with Gasteiger partial charge in [-0.2, -0.15) is 0 Å². The fraction of sp³-hybridized carbons (Fsp3) is 0.111. The molecule has 25 heavy (non-hydrogen) atoms. The molecule has 0 aliphatic carbocycles. The first kappa shape index (κ1) is 17.3. The number of nitrogens with zero attached hydrogens (tertiary/aromatic N) is 1. The maximum Gasteiger partial charge on any atom is 0.275 e. The van der Waals surface area contributed by atoms with Crippen molar-refractivity contribution in [1.82, 2.24) is 4.98 Å². The maximum atomic E-state index is 12.4. The molecule has 0 aliphatic rings. The van der Waals surface area contributed by atoms with E-state index in [1.165, 1.54) is 11.3 Å². The topological polar surface area (TPSA) is 60.5 Å². The molecule has 0 unspecified atom stereocenters. The highest BCUT2D eigenvalue weighted by Crippen LogP contribution is 2.39. The summed E-state index contributed by atoms with van der Waals surface area (Å²) < 4.78 is 10.7. The quantitative estimate of drug-likeness (QED) is 0.701. The largest absolute Gasteiger partial charge is 0.493 e. The number of anilines is 1. The zero-order valence-electron chi connectivity index (χ0n) is 13.6. The Morgan fingerprint density at radius 2 is 1.92 bits per heavy atom. The second-order valence-corrected chi connectivity index (χ2v) is 6.28. The number of rotatable bonds is 5. The molecular weight excluding hydrogens is 360 g/mol. The van der Waals surface area contributed by atoms with E-state index < -0.39 is 0 Å². The fourth-order valence-corrected chi connectivity index (χ4v) is 3.31. The highest BCUT2D eigenvalue weighted by atomic mass is 35.5. The lowest BCUT2D eigenvalue weighted by Crippen LogP contribution is -2.12. The van der Waals surface area contributed by atoms with Crippen molar-refractivity contribution in [3.63, 3.8) is 0 Å². The molecule has 0 spiro atoms. The Balaban J connectivity index is 1.88. The number of thiazole rings is 1. The van der Waals surface area contributed by atoms with Gasteiger partial charge in [0.25, 0.3) is 5.91 Å². The number of aromatic nitrogens is 1. The van der Waals surface area contributed by atoms with E-state index in [-0.39, 0.29) is 5.91 Å². The van der Waals surface area contributed by atoms with E-state index in [1.807, 2.05) is 12.1 Å². The van der Waals surface area contributed by atoms with Crippen molar-refractivity contribution in [3.8, 4) is 22.1 Å². The molecule has 1 amide bonds. The van der Waals surface area contributed by atoms with Gasteiger partial charge in [-0.1, -0.05) is 29.8 Å². The van der Waals surface area contributed by atoms with Crippen LogP contribution < -0.4 is 14.8 Å². The lowest BCUT2D eigenvalue weighted by Gasteiger charge is -2.10. The first-order valence-electron chi connectivity index (χ1n) is 7.36. The zero-order chi connectivity index (χ0) is 17.8. The summed E-state index contributed by atoms with van der Waals surface area (Å²) >= 11 is 7.42. The van der Waals surface area contributed by atoms with Gasteiger partial charge in [-0.3, -0.25) is 4.79 Å². The molecule has 0 bridgehead atoms. The van der Waals surface area contributed by atoms with E-state index in [0.717, 1.165) is 5.56 Å². The molecule has 1 heterocycles. The summed E-state index contributed by atoms with van der Waals surface area (Å²) in [7, 11) is 3.14. The van der Waals surface area contributed by atoms with Gasteiger partial charge in [0.1, 0.15) is 10.7 Å². The summed E-state index contributed by atoms with van der Waals surface area (Å²) in [5, 5.41) is 5.59. The van der Waals surface area contributed by atoms with Crippen molar-refractivity contribution in [3.05, 3.63) is 58.6 Å². The molecule has 3 rings (SSSR count). The predicted molar refractivity (Wildman–Crippen MR) is 100 cm³/mol. The number of amides is 1. The third-order valence-corrected chi connectivity index (χ3v) is 4.70. The molecule has 7 heteroatoms. The van der Waals surface area contributed by atoms with E-state index >= 15 is 0 Å². The third kappa shape index (κ3) is 3.60. The number of hydrogen-bond acceptors (Lipinski definition) is 5. The second-order valence-electron chi connectivity index (χ2n) is 5.01. The SMILES string of the molecule is COc1cccc(-c2nc(C(=O)Nc3ccccc3Cl)cs2)c1OC. The number of methoxy groups -OCH3 is 2. The van der Waals surface area contributed by atoms with Crippen molar-refractivity contribution < 1.29 is 14.3 Å². The van der Waals surface area contributed by atoms with Gasteiger partial charge >= 0.3 is 0 Å². The van der Waals surface area contributed by atoms with Crippen molar-refractivity contribution in [2.24, 2.45) is 0 Å². The Bertz CT molecular complexity index is 911. The average Bonchev–Trinajstić information content (AvgIpc) is 3.13. The molecule has 0 fully saturated rings. The van der Waals surface area contributed by atoms with Crippen LogP contribution in [-0.4, -0.2) is 25.1 Å². The third-order valence-electron chi connectivity index (χ3n) is 3.49. The highest BCUT2D eigenvalue weighted by molar-refractivity contribution is 7.13. The van der Waals surface area contributed by atoms with Crippen LogP contribution in [-0.2, 0) is 0 Å². The number of para-hydroxylation sites is 2. The van der Waals surface area contributed by atoms with Crippen LogP contribution in [0.4, 0.5) is 5.69 Å². The predicted octanol–water partition coefficient (Wildman–Crippen LogP) is 4.73. The molecule has 2 aromatic carbocycles. The Hall–Kier alpha value is -2.57. The molecule has 128 valence electrons. The minimum absolute atomic E-state index is 0.310. The number of halogens is 1. The van der Waals surface area contributed by atoms with Gasteiger partial charge < -0.3 is 14.8 Å². The Kier molecular flexibility index (Phi) is 5.21. The maximum absolute atomic E-state index is 12.4. The summed E-state index contributed by atoms with van der Waals surface area (Å²) in [6.45, 7) is 0. The fourth-order valence-electron chi connectivity index (χ4n) is 2.31. The molecule has 3 aromatic rings. The number of carbonyl (C=O) groups excluding carboxylic acids is 1. The summed E-state index contributed by atoms with van der Waals surface area (Å²) in [6, 6.07) is 12.6. The molecule has 1 N–H and O–H groups in total. The van der Waals surface area contributed by atoms with E-state index in [2.05, 4.69) is 10.3 Å². The van der Waals surface area contributed by atoms with Gasteiger partial charge in [-0.25, -0.2) is 4.98 Å². The second kappa shape index (κ2) is 7.55. The standard InChI is InChI=1S/C18H15ClN2O3S/c1-23-15-9-5-6-11(16(15)24-2)18-21-14(10-25-18)17(22)20-13-8-4-3-7-12(13)19/h3-10H,1-2H3,(H,20,22). The minimum atomic E-state index is -0.322. The van der Waals surface area contributed by atoms with Gasteiger partial charge in [-0.15, -0.1) is 11.3 Å². The molecule has 0 atom stereocenters. The van der Waals surface area contributed by atoms with E-state index in [4.69, 9.17) is 21.1 Å². The van der Waals surface area contributed by atoms with Gasteiger partial charge in [0, 0.05) is 5.38 Å². The van der Waals surface area contributed by atoms with Crippen molar-refractivity contribution in [1.29, 1.82) is 0 Å². The Morgan fingerprint density at radius 1 is 1.12 bits per heavy atom. The normalized spacial score (nSPS) is 10.4. The van der Waals surface area contributed by atoms with Crippen LogP contribution in [0.2, 0.25) is 5.02 Å². The van der Waals surface area contributed by atoms with Crippen molar-refractivity contribution >= 4 is 34.5 Å². The Morgan fingerprint density at radius 3 is 2.64 bits per heavy atom. The number of nitrogens with one attached hydrogen (secondary N) is 1. The van der Waals surface area contributed by atoms with Crippen LogP contribution in [0.1, 0.15) is 10.5 Å². The van der Waals surface area contributed by atoms with E-state index in [0.29, 0.717) is 32.9 Å². The summed E-state index contributed by atoms with van der Waals surface area (Å²) in [6.07, 6.45) is 0. The monoisotopic (exact) mass is 374 g/mol. The van der Waals surface area contributed by atoms with Crippen LogP contribution in [0.15, 0.2) is 47.8 Å². The highest BCUT2D eigenvalue weighted by Gasteiger charge is 2.17. The smallest absolute Gasteiger partial charge is 0.275 e. The van der Waals surface area contributed by atoms with E-state index in [1.54, 1.807) is 49.9 Å². The van der Waals surface area contributed by atoms with Crippen molar-refractivity contribution in [2.75, 3.05) is 19.5 Å². The minimum Gasteiger partial charge on any atom is -0.493 e. The zero-order valence-corrected chi connectivity index (χ0v) is 15.1. The number of benzene rings is 2. The molecule has 5 nitrogen and oxygen atoms in total. The van der Waals surface area contributed by atoms with E-state index in [9.17, 15) is 4.79 Å². The summed E-state index contributed by atoms with van der Waals surface area (Å²) in [5.74, 6) is 0.868. The molecule has 1 aromatic heterocycles. The lowest BCUT2D eigenvalue weighted by molar-refractivity contribution is 0.102. The number of hydrogen-bond donors (Lipinski definition) is 1. The molecule has 0 saturated heterocycles. The average molecular weight is 375 g/mol. The van der Waals surface area contributed by atoms with Crippen LogP contribution >= 0.6 is 22.9 Å². The molecule has 0 aliphatic heterocycles. The lowest BCUT2D eigenvalue weighted by atomic mass is 10.2. The molecule has 0 saturated carbocycles. The van der Waals surface area contributed by atoms with Crippen LogP contribution in [0.3, 0.4) is 0 Å². The molecular formula is C18H15ClN2O3S. The number of carbonyl (C=O) groups is 1. The van der Waals surface area contributed by atoms with Gasteiger partial charge in [0.15, 0.2) is 11.5 Å². The summed E-state index contributed by atoms with van der Waals surface area (Å²) in [5.41, 5.74) is 1.62. The Labute approximate surface area is 154 Å². The van der Waals surface area contributed by atoms with Crippen LogP contribution in [0.25, 0.3) is 10.6 Å². The molecule has 0 radical (unpaired) electrons. The van der Waals surface area contributed by atoms with Gasteiger partial charge in [-0.05, 0) is 24.3 Å².